The fourth-order valence-corrected chi connectivity index (χ4v) is 3.11. The summed E-state index contributed by atoms with van der Waals surface area (Å²) < 4.78 is 0. The Morgan fingerprint density at radius 2 is 1.65 bits per heavy atom. The molecule has 0 radical (unpaired) electrons. The van der Waals surface area contributed by atoms with Gasteiger partial charge in [0, 0.05) is 12.1 Å². The molecular weight excluding hydrogens is 246 g/mol. The minimum Gasteiger partial charge on any atom is -0.393 e. The van der Waals surface area contributed by atoms with Crippen LogP contribution in [0.1, 0.15) is 63.6 Å². The van der Waals surface area contributed by atoms with Crippen LogP contribution in [0.2, 0.25) is 0 Å². The van der Waals surface area contributed by atoms with Crippen LogP contribution in [-0.4, -0.2) is 17.3 Å². The van der Waals surface area contributed by atoms with E-state index in [0.717, 1.165) is 32.1 Å². The van der Waals surface area contributed by atoms with Gasteiger partial charge in [0.15, 0.2) is 0 Å². The fourth-order valence-electron chi connectivity index (χ4n) is 3.11. The second-order valence-electron chi connectivity index (χ2n) is 6.73. The van der Waals surface area contributed by atoms with Gasteiger partial charge < -0.3 is 10.4 Å². The van der Waals surface area contributed by atoms with Gasteiger partial charge in [0.1, 0.15) is 0 Å². The summed E-state index contributed by atoms with van der Waals surface area (Å²) >= 11 is 0. The van der Waals surface area contributed by atoms with Crippen LogP contribution in [-0.2, 0) is 6.42 Å². The predicted octanol–water partition coefficient (Wildman–Crippen LogP) is 3.84. The van der Waals surface area contributed by atoms with Crippen LogP contribution in [0.25, 0.3) is 0 Å². The maximum absolute atomic E-state index is 9.55. The molecule has 0 amide bonds. The zero-order valence-electron chi connectivity index (χ0n) is 13.1. The van der Waals surface area contributed by atoms with Crippen molar-refractivity contribution in [3.8, 4) is 0 Å². The lowest BCUT2D eigenvalue weighted by molar-refractivity contribution is 0.114. The first-order valence-corrected chi connectivity index (χ1v) is 8.07. The first-order valence-electron chi connectivity index (χ1n) is 8.07. The number of nitrogens with one attached hydrogen (secondary N) is 1. The Hall–Kier alpha value is -0.860. The van der Waals surface area contributed by atoms with Crippen LogP contribution in [0.5, 0.6) is 0 Å². The van der Waals surface area contributed by atoms with Gasteiger partial charge in [-0.15, -0.1) is 0 Å². The summed E-state index contributed by atoms with van der Waals surface area (Å²) in [5.74, 6) is 0.713. The summed E-state index contributed by atoms with van der Waals surface area (Å²) in [5.41, 5.74) is 2.79. The number of rotatable bonds is 5. The number of benzene rings is 1. The van der Waals surface area contributed by atoms with Gasteiger partial charge in [-0.3, -0.25) is 0 Å². The molecule has 0 spiro atoms. The second-order valence-corrected chi connectivity index (χ2v) is 6.73. The van der Waals surface area contributed by atoms with Crippen molar-refractivity contribution in [3.05, 3.63) is 35.4 Å². The Morgan fingerprint density at radius 1 is 1.05 bits per heavy atom. The zero-order valence-corrected chi connectivity index (χ0v) is 13.1. The lowest BCUT2D eigenvalue weighted by Crippen LogP contribution is -2.36. The number of aliphatic hydroxyl groups is 1. The van der Waals surface area contributed by atoms with Crippen LogP contribution in [0.4, 0.5) is 0 Å². The molecule has 1 atom stereocenters. The Bertz CT molecular complexity index is 390. The second kappa shape index (κ2) is 7.24. The molecule has 0 saturated heterocycles. The van der Waals surface area contributed by atoms with Gasteiger partial charge in [-0.2, -0.15) is 0 Å². The van der Waals surface area contributed by atoms with E-state index in [4.69, 9.17) is 0 Å². The third-order valence-electron chi connectivity index (χ3n) is 4.31. The Balaban J connectivity index is 1.87. The van der Waals surface area contributed by atoms with Crippen molar-refractivity contribution in [3.63, 3.8) is 0 Å². The molecule has 1 aromatic carbocycles. The molecule has 0 bridgehead atoms. The summed E-state index contributed by atoms with van der Waals surface area (Å²) in [4.78, 5) is 0. The summed E-state index contributed by atoms with van der Waals surface area (Å²) in [6, 6.07) is 9.99. The van der Waals surface area contributed by atoms with E-state index in [1.54, 1.807) is 0 Å². The van der Waals surface area contributed by atoms with Crippen molar-refractivity contribution >= 4 is 0 Å². The lowest BCUT2D eigenvalue weighted by atomic mass is 9.92. The van der Waals surface area contributed by atoms with E-state index in [1.807, 2.05) is 0 Å². The van der Waals surface area contributed by atoms with E-state index in [0.29, 0.717) is 18.0 Å². The molecular formula is C18H29NO. The number of hydrogen-bond acceptors (Lipinski definition) is 2. The highest BCUT2D eigenvalue weighted by atomic mass is 16.3. The van der Waals surface area contributed by atoms with E-state index < -0.39 is 0 Å². The predicted molar refractivity (Wildman–Crippen MR) is 84.8 cm³/mol. The van der Waals surface area contributed by atoms with Crippen molar-refractivity contribution in [2.24, 2.45) is 5.92 Å². The fraction of sp³-hybridized carbons (Fsp3) is 0.667. The van der Waals surface area contributed by atoms with Gasteiger partial charge in [0.2, 0.25) is 0 Å². The summed E-state index contributed by atoms with van der Waals surface area (Å²) in [6.07, 6.45) is 5.16. The van der Waals surface area contributed by atoms with Crippen molar-refractivity contribution in [2.75, 3.05) is 0 Å². The van der Waals surface area contributed by atoms with E-state index in [-0.39, 0.29) is 6.10 Å². The van der Waals surface area contributed by atoms with Gasteiger partial charge in [-0.25, -0.2) is 0 Å². The monoisotopic (exact) mass is 275 g/mol. The van der Waals surface area contributed by atoms with Gasteiger partial charge in [0.05, 0.1) is 6.10 Å². The molecule has 1 aromatic rings. The van der Waals surface area contributed by atoms with Gasteiger partial charge >= 0.3 is 0 Å². The first-order chi connectivity index (χ1) is 9.54. The van der Waals surface area contributed by atoms with E-state index in [1.165, 1.54) is 11.1 Å². The molecule has 2 N–H and O–H groups in total. The smallest absolute Gasteiger partial charge is 0.0541 e. The molecule has 0 aliphatic heterocycles. The van der Waals surface area contributed by atoms with Crippen LogP contribution >= 0.6 is 0 Å². The molecule has 2 nitrogen and oxygen atoms in total. The molecule has 0 heterocycles. The first kappa shape index (κ1) is 15.5. The largest absolute Gasteiger partial charge is 0.393 e. The molecule has 2 rings (SSSR count). The molecule has 1 saturated carbocycles. The minimum atomic E-state index is -0.0707. The maximum atomic E-state index is 9.55. The van der Waals surface area contributed by atoms with Gasteiger partial charge in [-0.05, 0) is 56.1 Å². The van der Waals surface area contributed by atoms with E-state index in [2.05, 4.69) is 50.4 Å². The number of hydrogen-bond donors (Lipinski definition) is 2. The molecule has 2 heteroatoms. The van der Waals surface area contributed by atoms with Crippen molar-refractivity contribution in [1.29, 1.82) is 0 Å². The molecule has 1 aliphatic rings. The molecule has 112 valence electrons. The standard InChI is InChI=1S/C18H29NO/c1-13(2)12-15-4-6-16(7-5-15)14(3)19-17-8-10-18(20)11-9-17/h4-7,13-14,17-20H,8-12H2,1-3H3. The Morgan fingerprint density at radius 3 is 2.20 bits per heavy atom. The molecule has 1 unspecified atom stereocenters. The quantitative estimate of drug-likeness (QED) is 0.855. The minimum absolute atomic E-state index is 0.0707. The van der Waals surface area contributed by atoms with Crippen molar-refractivity contribution < 1.29 is 5.11 Å². The highest BCUT2D eigenvalue weighted by molar-refractivity contribution is 5.25. The maximum Gasteiger partial charge on any atom is 0.0541 e. The third-order valence-corrected chi connectivity index (χ3v) is 4.31. The van der Waals surface area contributed by atoms with Crippen LogP contribution in [0.15, 0.2) is 24.3 Å². The Kier molecular flexibility index (Phi) is 5.62. The molecule has 1 fully saturated rings. The van der Waals surface area contributed by atoms with Crippen molar-refractivity contribution in [1.82, 2.24) is 5.32 Å². The highest BCUT2D eigenvalue weighted by Gasteiger charge is 2.20. The van der Waals surface area contributed by atoms with E-state index >= 15 is 0 Å². The summed E-state index contributed by atoms with van der Waals surface area (Å²) in [5, 5.41) is 13.3. The van der Waals surface area contributed by atoms with Crippen molar-refractivity contribution in [2.45, 2.75) is 71.1 Å². The average molecular weight is 275 g/mol. The number of aliphatic hydroxyl groups excluding tert-OH is 1. The Labute approximate surface area is 123 Å². The topological polar surface area (TPSA) is 32.3 Å². The van der Waals surface area contributed by atoms with E-state index in [9.17, 15) is 5.11 Å². The lowest BCUT2D eigenvalue weighted by Gasteiger charge is -2.29. The normalized spacial score (nSPS) is 24.9. The van der Waals surface area contributed by atoms with Gasteiger partial charge in [-0.1, -0.05) is 38.1 Å². The molecule has 20 heavy (non-hydrogen) atoms. The summed E-state index contributed by atoms with van der Waals surface area (Å²) in [6.45, 7) is 6.76. The molecule has 1 aliphatic carbocycles. The average Bonchev–Trinajstić information content (AvgIpc) is 2.41. The van der Waals surface area contributed by atoms with Crippen LogP contribution < -0.4 is 5.32 Å². The third kappa shape index (κ3) is 4.60. The SMILES string of the molecule is CC(C)Cc1ccc(C(C)NC2CCC(O)CC2)cc1. The zero-order chi connectivity index (χ0) is 14.5. The highest BCUT2D eigenvalue weighted by Crippen LogP contribution is 2.22. The van der Waals surface area contributed by atoms with Crippen LogP contribution in [0.3, 0.4) is 0 Å². The van der Waals surface area contributed by atoms with Crippen LogP contribution in [0, 0.1) is 5.92 Å². The van der Waals surface area contributed by atoms with Gasteiger partial charge in [0.25, 0.3) is 0 Å². The molecule has 0 aromatic heterocycles. The summed E-state index contributed by atoms with van der Waals surface area (Å²) in [7, 11) is 0.